The van der Waals surface area contributed by atoms with Crippen LogP contribution in [0.25, 0.3) is 0 Å². The van der Waals surface area contributed by atoms with E-state index in [1.807, 2.05) is 0 Å². The molecule has 0 heterocycles. The first-order valence-electron chi connectivity index (χ1n) is 5.38. The quantitative estimate of drug-likeness (QED) is 0.885. The molecule has 0 spiro atoms. The maximum Gasteiger partial charge on any atom is 0.255 e. The van der Waals surface area contributed by atoms with Gasteiger partial charge >= 0.3 is 0 Å². The number of rotatable bonds is 4. The molecule has 1 aliphatic rings. The van der Waals surface area contributed by atoms with Gasteiger partial charge in [-0.15, -0.1) is 0 Å². The van der Waals surface area contributed by atoms with Gasteiger partial charge < -0.3 is 10.4 Å². The van der Waals surface area contributed by atoms with E-state index in [0.717, 1.165) is 12.8 Å². The molecule has 0 aromatic heterocycles. The van der Waals surface area contributed by atoms with Crippen LogP contribution >= 0.6 is 23.4 Å². The van der Waals surface area contributed by atoms with E-state index in [9.17, 15) is 9.90 Å². The Balaban J connectivity index is 2.02. The van der Waals surface area contributed by atoms with Gasteiger partial charge in [0, 0.05) is 16.3 Å². The third-order valence-corrected chi connectivity index (χ3v) is 4.67. The molecular weight excluding hydrogens is 258 g/mol. The summed E-state index contributed by atoms with van der Waals surface area (Å²) in [5.41, 5.74) is 0.231. The number of phenolic OH excluding ortho intramolecular Hbond substituents is 1. The average molecular weight is 272 g/mol. The number of thioether (sulfide) groups is 1. The van der Waals surface area contributed by atoms with Gasteiger partial charge in [-0.1, -0.05) is 11.6 Å². The molecule has 1 saturated carbocycles. The van der Waals surface area contributed by atoms with Crippen LogP contribution in [0, 0.1) is 0 Å². The standard InChI is InChI=1S/C12H14ClNO2S/c1-17-12(4-5-12)7-14-11(16)9-6-8(13)2-3-10(9)15/h2-3,6,15H,4-5,7H2,1H3,(H,14,16). The highest BCUT2D eigenvalue weighted by Crippen LogP contribution is 2.46. The Kier molecular flexibility index (Phi) is 3.54. The van der Waals surface area contributed by atoms with Gasteiger partial charge in [-0.25, -0.2) is 0 Å². The SMILES string of the molecule is CSC1(CNC(=O)c2cc(Cl)ccc2O)CC1. The predicted molar refractivity (Wildman–Crippen MR) is 70.9 cm³/mol. The van der Waals surface area contributed by atoms with Crippen molar-refractivity contribution in [3.63, 3.8) is 0 Å². The lowest BCUT2D eigenvalue weighted by Gasteiger charge is -2.13. The van der Waals surface area contributed by atoms with E-state index in [1.165, 1.54) is 12.1 Å². The van der Waals surface area contributed by atoms with Crippen molar-refractivity contribution in [3.05, 3.63) is 28.8 Å². The maximum absolute atomic E-state index is 11.9. The van der Waals surface area contributed by atoms with E-state index >= 15 is 0 Å². The number of aromatic hydroxyl groups is 1. The molecule has 1 fully saturated rings. The summed E-state index contributed by atoms with van der Waals surface area (Å²) in [7, 11) is 0. The summed E-state index contributed by atoms with van der Waals surface area (Å²) >= 11 is 7.57. The number of nitrogens with one attached hydrogen (secondary N) is 1. The molecule has 0 aliphatic heterocycles. The van der Waals surface area contributed by atoms with Crippen molar-refractivity contribution in [1.29, 1.82) is 0 Å². The second-order valence-electron chi connectivity index (χ2n) is 4.23. The zero-order valence-corrected chi connectivity index (χ0v) is 11.1. The van der Waals surface area contributed by atoms with E-state index < -0.39 is 0 Å². The molecule has 0 saturated heterocycles. The topological polar surface area (TPSA) is 49.3 Å². The number of carbonyl (C=O) groups excluding carboxylic acids is 1. The molecule has 1 aliphatic carbocycles. The fourth-order valence-electron chi connectivity index (χ4n) is 1.62. The summed E-state index contributed by atoms with van der Waals surface area (Å²) in [6.07, 6.45) is 4.32. The Morgan fingerprint density at radius 3 is 2.88 bits per heavy atom. The van der Waals surface area contributed by atoms with Crippen LogP contribution in [0.3, 0.4) is 0 Å². The summed E-state index contributed by atoms with van der Waals surface area (Å²) in [6, 6.07) is 4.46. The van der Waals surface area contributed by atoms with Crippen LogP contribution in [-0.4, -0.2) is 28.6 Å². The van der Waals surface area contributed by atoms with E-state index in [-0.39, 0.29) is 22.0 Å². The Hall–Kier alpha value is -0.870. The molecule has 0 atom stereocenters. The zero-order valence-electron chi connectivity index (χ0n) is 9.50. The minimum atomic E-state index is -0.273. The molecule has 5 heteroatoms. The average Bonchev–Trinajstić information content (AvgIpc) is 3.10. The van der Waals surface area contributed by atoms with Gasteiger partial charge in [0.15, 0.2) is 0 Å². The lowest BCUT2D eigenvalue weighted by molar-refractivity contribution is 0.0950. The van der Waals surface area contributed by atoms with Crippen molar-refractivity contribution >= 4 is 29.3 Å². The van der Waals surface area contributed by atoms with E-state index in [1.54, 1.807) is 17.8 Å². The molecule has 1 aromatic rings. The largest absolute Gasteiger partial charge is 0.507 e. The molecule has 2 rings (SSSR count). The predicted octanol–water partition coefficient (Wildman–Crippen LogP) is 2.67. The first kappa shape index (κ1) is 12.6. The van der Waals surface area contributed by atoms with Crippen LogP contribution in [0.4, 0.5) is 0 Å². The second-order valence-corrected chi connectivity index (χ2v) is 5.94. The molecule has 0 unspecified atom stereocenters. The van der Waals surface area contributed by atoms with Crippen molar-refractivity contribution in [3.8, 4) is 5.75 Å². The van der Waals surface area contributed by atoms with Gasteiger partial charge in [0.1, 0.15) is 5.75 Å². The van der Waals surface area contributed by atoms with E-state index in [0.29, 0.717) is 11.6 Å². The third kappa shape index (κ3) is 2.87. The monoisotopic (exact) mass is 271 g/mol. The van der Waals surface area contributed by atoms with Gasteiger partial charge in [-0.05, 0) is 37.3 Å². The van der Waals surface area contributed by atoms with E-state index in [4.69, 9.17) is 11.6 Å². The molecule has 0 bridgehead atoms. The van der Waals surface area contributed by atoms with E-state index in [2.05, 4.69) is 11.6 Å². The van der Waals surface area contributed by atoms with Gasteiger partial charge in [-0.2, -0.15) is 11.8 Å². The number of halogens is 1. The van der Waals surface area contributed by atoms with Crippen molar-refractivity contribution in [2.45, 2.75) is 17.6 Å². The van der Waals surface area contributed by atoms with Crippen LogP contribution in [0.2, 0.25) is 5.02 Å². The molecule has 1 amide bonds. The van der Waals surface area contributed by atoms with Crippen LogP contribution in [0.1, 0.15) is 23.2 Å². The maximum atomic E-state index is 11.9. The van der Waals surface area contributed by atoms with Crippen molar-refractivity contribution in [2.24, 2.45) is 0 Å². The van der Waals surface area contributed by atoms with Crippen LogP contribution in [-0.2, 0) is 0 Å². The normalized spacial score (nSPS) is 16.6. The Morgan fingerprint density at radius 1 is 1.59 bits per heavy atom. The molecule has 3 nitrogen and oxygen atoms in total. The fourth-order valence-corrected chi connectivity index (χ4v) is 2.52. The number of carbonyl (C=O) groups is 1. The smallest absolute Gasteiger partial charge is 0.255 e. The van der Waals surface area contributed by atoms with Gasteiger partial charge in [0.05, 0.1) is 5.56 Å². The lowest BCUT2D eigenvalue weighted by Crippen LogP contribution is -2.31. The second kappa shape index (κ2) is 4.78. The molecule has 92 valence electrons. The van der Waals surface area contributed by atoms with Gasteiger partial charge in [-0.3, -0.25) is 4.79 Å². The minimum Gasteiger partial charge on any atom is -0.507 e. The first-order valence-corrected chi connectivity index (χ1v) is 6.98. The highest BCUT2D eigenvalue weighted by molar-refractivity contribution is 8.00. The lowest BCUT2D eigenvalue weighted by atomic mass is 10.2. The number of hydrogen-bond acceptors (Lipinski definition) is 3. The highest BCUT2D eigenvalue weighted by atomic mass is 35.5. The molecule has 17 heavy (non-hydrogen) atoms. The Bertz CT molecular complexity index is 446. The summed E-state index contributed by atoms with van der Waals surface area (Å²) in [6.45, 7) is 0.638. The Morgan fingerprint density at radius 2 is 2.29 bits per heavy atom. The van der Waals surface area contributed by atoms with Crippen LogP contribution in [0.15, 0.2) is 18.2 Å². The summed E-state index contributed by atoms with van der Waals surface area (Å²) < 4.78 is 0.212. The molecule has 2 N–H and O–H groups in total. The summed E-state index contributed by atoms with van der Waals surface area (Å²) in [5.74, 6) is -0.314. The van der Waals surface area contributed by atoms with Gasteiger partial charge in [0.2, 0.25) is 0 Å². The molecular formula is C12H14ClNO2S. The molecule has 1 aromatic carbocycles. The minimum absolute atomic E-state index is 0.0408. The Labute approximate surface area is 110 Å². The van der Waals surface area contributed by atoms with Crippen molar-refractivity contribution in [2.75, 3.05) is 12.8 Å². The number of hydrogen-bond donors (Lipinski definition) is 2. The number of benzene rings is 1. The van der Waals surface area contributed by atoms with Crippen LogP contribution in [0.5, 0.6) is 5.75 Å². The van der Waals surface area contributed by atoms with Gasteiger partial charge in [0.25, 0.3) is 5.91 Å². The fraction of sp³-hybridized carbons (Fsp3) is 0.417. The van der Waals surface area contributed by atoms with Crippen molar-refractivity contribution in [1.82, 2.24) is 5.32 Å². The highest BCUT2D eigenvalue weighted by Gasteiger charge is 2.42. The summed E-state index contributed by atoms with van der Waals surface area (Å²) in [5, 5.41) is 12.9. The number of amides is 1. The van der Waals surface area contributed by atoms with Crippen LogP contribution < -0.4 is 5.32 Å². The molecule has 0 radical (unpaired) electrons. The zero-order chi connectivity index (χ0) is 12.5. The first-order chi connectivity index (χ1) is 8.06. The number of phenols is 1. The van der Waals surface area contributed by atoms with Crippen molar-refractivity contribution < 1.29 is 9.90 Å². The third-order valence-electron chi connectivity index (χ3n) is 3.02. The summed E-state index contributed by atoms with van der Waals surface area (Å²) in [4.78, 5) is 11.9.